The van der Waals surface area contributed by atoms with E-state index in [4.69, 9.17) is 13.7 Å². The minimum Gasteiger partial charge on any atom is -0.494 e. The fourth-order valence-corrected chi connectivity index (χ4v) is 3.67. The third-order valence-corrected chi connectivity index (χ3v) is 5.76. The van der Waals surface area contributed by atoms with Crippen LogP contribution in [0.4, 0.5) is 4.79 Å². The highest BCUT2D eigenvalue weighted by Crippen LogP contribution is 2.24. The van der Waals surface area contributed by atoms with Crippen molar-refractivity contribution in [3.63, 3.8) is 0 Å². The van der Waals surface area contributed by atoms with Crippen molar-refractivity contribution in [1.29, 1.82) is 0 Å². The average molecular weight is 480 g/mol. The van der Waals surface area contributed by atoms with Crippen LogP contribution in [-0.2, 0) is 14.9 Å². The van der Waals surface area contributed by atoms with Crippen LogP contribution >= 0.6 is 0 Å². The Kier molecular flexibility index (Phi) is 9.13. The summed E-state index contributed by atoms with van der Waals surface area (Å²) in [7, 11) is -2.49. The molecule has 0 aliphatic heterocycles. The maximum absolute atomic E-state index is 12.6. The fraction of sp³-hybridized carbons (Fsp3) is 0.458. The number of unbranched alkanes of at least 4 members (excludes halogenated alkanes) is 1. The van der Waals surface area contributed by atoms with Gasteiger partial charge in [0.1, 0.15) is 22.0 Å². The standard InChI is InChI=1S/C24H33NO7S/c1-6-7-16-30-19-12-14-21(15-13-19)33(28,29)32-20-10-8-18(9-11-20)22(26)17-25(5)23(27)31-24(2,3)4/h8-15,22,26H,6-7,16-17H2,1-5H3. The lowest BCUT2D eigenvalue weighted by molar-refractivity contribution is 0.0205. The summed E-state index contributed by atoms with van der Waals surface area (Å²) >= 11 is 0. The first-order chi connectivity index (χ1) is 15.4. The SMILES string of the molecule is CCCCOc1ccc(S(=O)(=O)Oc2ccc(C(O)CN(C)C(=O)OC(C)(C)C)cc2)cc1. The molecule has 0 aliphatic carbocycles. The van der Waals surface area contributed by atoms with Crippen molar-refractivity contribution < 1.29 is 32.0 Å². The smallest absolute Gasteiger partial charge is 0.410 e. The summed E-state index contributed by atoms with van der Waals surface area (Å²) in [5.74, 6) is 0.701. The Labute approximate surface area is 196 Å². The summed E-state index contributed by atoms with van der Waals surface area (Å²) in [6, 6.07) is 12.0. The van der Waals surface area contributed by atoms with E-state index >= 15 is 0 Å². The molecule has 2 aromatic carbocycles. The Balaban J connectivity index is 1.98. The van der Waals surface area contributed by atoms with Gasteiger partial charge in [-0.25, -0.2) is 4.79 Å². The second-order valence-electron chi connectivity index (χ2n) is 8.66. The second kappa shape index (κ2) is 11.4. The molecule has 0 fully saturated rings. The number of benzene rings is 2. The summed E-state index contributed by atoms with van der Waals surface area (Å²) in [5.41, 5.74) is -0.132. The fourth-order valence-electron chi connectivity index (χ4n) is 2.74. The zero-order chi connectivity index (χ0) is 24.6. The minimum atomic E-state index is -4.02. The highest BCUT2D eigenvalue weighted by atomic mass is 32.2. The summed E-state index contributed by atoms with van der Waals surface area (Å²) < 4.78 is 41.1. The molecule has 9 heteroatoms. The average Bonchev–Trinajstić information content (AvgIpc) is 2.73. The lowest BCUT2D eigenvalue weighted by atomic mass is 10.1. The topological polar surface area (TPSA) is 102 Å². The number of hydrogen-bond acceptors (Lipinski definition) is 7. The number of hydrogen-bond donors (Lipinski definition) is 1. The third-order valence-electron chi connectivity index (χ3n) is 4.50. The number of ether oxygens (including phenoxy) is 2. The molecule has 0 saturated carbocycles. The van der Waals surface area contributed by atoms with E-state index in [1.807, 2.05) is 0 Å². The number of nitrogens with zero attached hydrogens (tertiary/aromatic N) is 1. The van der Waals surface area contributed by atoms with E-state index in [1.165, 1.54) is 36.2 Å². The van der Waals surface area contributed by atoms with Crippen molar-refractivity contribution in [3.8, 4) is 11.5 Å². The Morgan fingerprint density at radius 1 is 1.03 bits per heavy atom. The largest absolute Gasteiger partial charge is 0.494 e. The van der Waals surface area contributed by atoms with Crippen LogP contribution in [0.15, 0.2) is 53.4 Å². The quantitative estimate of drug-likeness (QED) is 0.394. The van der Waals surface area contributed by atoms with Crippen LogP contribution in [0.25, 0.3) is 0 Å². The van der Waals surface area contributed by atoms with Gasteiger partial charge >= 0.3 is 16.2 Å². The molecule has 182 valence electrons. The number of amides is 1. The number of rotatable bonds is 10. The number of aliphatic hydroxyl groups excluding tert-OH is 1. The zero-order valence-corrected chi connectivity index (χ0v) is 20.6. The molecule has 0 spiro atoms. The van der Waals surface area contributed by atoms with Gasteiger partial charge in [0.15, 0.2) is 0 Å². The minimum absolute atomic E-state index is 0.00781. The first-order valence-corrected chi connectivity index (χ1v) is 12.2. The first kappa shape index (κ1) is 26.5. The molecule has 1 unspecified atom stereocenters. The van der Waals surface area contributed by atoms with Crippen LogP contribution in [0.1, 0.15) is 52.2 Å². The van der Waals surface area contributed by atoms with Gasteiger partial charge in [-0.2, -0.15) is 8.42 Å². The predicted molar refractivity (Wildman–Crippen MR) is 125 cm³/mol. The maximum atomic E-state index is 12.6. The van der Waals surface area contributed by atoms with Crippen molar-refractivity contribution in [1.82, 2.24) is 4.90 Å². The van der Waals surface area contributed by atoms with Crippen LogP contribution in [0.5, 0.6) is 11.5 Å². The lowest BCUT2D eigenvalue weighted by Gasteiger charge is -2.26. The monoisotopic (exact) mass is 479 g/mol. The number of likely N-dealkylation sites (N-methyl/N-ethyl adjacent to an activating group) is 1. The van der Waals surface area contributed by atoms with Gasteiger partial charge in [0, 0.05) is 7.05 Å². The van der Waals surface area contributed by atoms with Crippen molar-refractivity contribution in [2.45, 2.75) is 57.1 Å². The molecule has 0 aromatic heterocycles. The molecule has 0 aliphatic rings. The van der Waals surface area contributed by atoms with Crippen molar-refractivity contribution in [2.24, 2.45) is 0 Å². The molecule has 0 bridgehead atoms. The number of aliphatic hydroxyl groups is 1. The Hall–Kier alpha value is -2.78. The van der Waals surface area contributed by atoms with E-state index in [0.717, 1.165) is 12.8 Å². The molecular weight excluding hydrogens is 446 g/mol. The Morgan fingerprint density at radius 3 is 2.15 bits per heavy atom. The van der Waals surface area contributed by atoms with E-state index in [1.54, 1.807) is 45.0 Å². The molecule has 8 nitrogen and oxygen atoms in total. The normalized spacial score (nSPS) is 12.7. The van der Waals surface area contributed by atoms with Crippen LogP contribution in [-0.4, -0.2) is 50.3 Å². The zero-order valence-electron chi connectivity index (χ0n) is 19.8. The third kappa shape index (κ3) is 8.58. The second-order valence-corrected chi connectivity index (χ2v) is 10.2. The summed E-state index contributed by atoms with van der Waals surface area (Å²) in [5, 5.41) is 10.4. The van der Waals surface area contributed by atoms with Gasteiger partial charge in [0.2, 0.25) is 0 Å². The van der Waals surface area contributed by atoms with Gasteiger partial charge in [0.25, 0.3) is 0 Å². The van der Waals surface area contributed by atoms with Gasteiger partial charge in [-0.3, -0.25) is 0 Å². The molecule has 0 heterocycles. The van der Waals surface area contributed by atoms with E-state index < -0.39 is 27.9 Å². The molecule has 2 aromatic rings. The highest BCUT2D eigenvalue weighted by molar-refractivity contribution is 7.87. The predicted octanol–water partition coefficient (Wildman–Crippen LogP) is 4.53. The van der Waals surface area contributed by atoms with Crippen LogP contribution in [0.3, 0.4) is 0 Å². The van der Waals surface area contributed by atoms with E-state index in [-0.39, 0.29) is 17.2 Å². The van der Waals surface area contributed by atoms with Gasteiger partial charge in [-0.1, -0.05) is 25.5 Å². The van der Waals surface area contributed by atoms with Crippen LogP contribution in [0.2, 0.25) is 0 Å². The van der Waals surface area contributed by atoms with Crippen LogP contribution < -0.4 is 8.92 Å². The van der Waals surface area contributed by atoms with E-state index in [2.05, 4.69) is 6.92 Å². The molecule has 2 rings (SSSR count). The molecule has 0 radical (unpaired) electrons. The van der Waals surface area contributed by atoms with Gasteiger partial charge in [0.05, 0.1) is 19.3 Å². The number of carbonyl (C=O) groups excluding carboxylic acids is 1. The molecule has 1 amide bonds. The van der Waals surface area contributed by atoms with Crippen molar-refractivity contribution >= 4 is 16.2 Å². The molecule has 33 heavy (non-hydrogen) atoms. The van der Waals surface area contributed by atoms with Crippen molar-refractivity contribution in [2.75, 3.05) is 20.2 Å². The summed E-state index contributed by atoms with van der Waals surface area (Å²) in [6.07, 6.45) is 0.407. The van der Waals surface area contributed by atoms with Gasteiger partial charge < -0.3 is 23.7 Å². The molecule has 1 atom stereocenters. The summed E-state index contributed by atoms with van der Waals surface area (Å²) in [6.45, 7) is 7.93. The van der Waals surface area contributed by atoms with E-state index in [0.29, 0.717) is 17.9 Å². The molecule has 1 N–H and O–H groups in total. The molecular formula is C24H33NO7S. The van der Waals surface area contributed by atoms with Crippen molar-refractivity contribution in [3.05, 3.63) is 54.1 Å². The maximum Gasteiger partial charge on any atom is 0.410 e. The van der Waals surface area contributed by atoms with E-state index in [9.17, 15) is 18.3 Å². The van der Waals surface area contributed by atoms with Gasteiger partial charge in [-0.05, 0) is 69.2 Å². The van der Waals surface area contributed by atoms with Crippen LogP contribution in [0, 0.1) is 0 Å². The van der Waals surface area contributed by atoms with Gasteiger partial charge in [-0.15, -0.1) is 0 Å². The Bertz CT molecular complexity index is 997. The first-order valence-electron chi connectivity index (χ1n) is 10.8. The Morgan fingerprint density at radius 2 is 1.61 bits per heavy atom. The molecule has 0 saturated heterocycles. The number of carbonyl (C=O) groups is 1. The highest BCUT2D eigenvalue weighted by Gasteiger charge is 2.22. The summed E-state index contributed by atoms with van der Waals surface area (Å²) in [4.78, 5) is 13.3. The lowest BCUT2D eigenvalue weighted by Crippen LogP contribution is -2.36.